The maximum atomic E-state index is 12.5. The van der Waals surface area contributed by atoms with Gasteiger partial charge in [-0.15, -0.1) is 0 Å². The van der Waals surface area contributed by atoms with E-state index in [2.05, 4.69) is 33.5 Å². The Kier molecular flexibility index (Phi) is 5.39. The highest BCUT2D eigenvalue weighted by atomic mass is 79.9. The van der Waals surface area contributed by atoms with Gasteiger partial charge in [0, 0.05) is 22.4 Å². The fraction of sp³-hybridized carbons (Fsp3) is 0.235. The average molecular weight is 347 g/mol. The molecule has 0 unspecified atom stereocenters. The maximum absolute atomic E-state index is 12.5. The molecule has 0 atom stereocenters. The molecular weight excluding hydrogens is 328 g/mol. The molecule has 0 saturated carbocycles. The third kappa shape index (κ3) is 4.08. The van der Waals surface area contributed by atoms with Gasteiger partial charge in [0.1, 0.15) is 0 Å². The molecule has 0 bridgehead atoms. The van der Waals surface area contributed by atoms with Crippen molar-refractivity contribution in [2.45, 2.75) is 20.3 Å². The summed E-state index contributed by atoms with van der Waals surface area (Å²) in [5.74, 6) is -0.0976. The van der Waals surface area contributed by atoms with Crippen molar-refractivity contribution in [1.82, 2.24) is 0 Å². The van der Waals surface area contributed by atoms with Crippen molar-refractivity contribution in [3.63, 3.8) is 0 Å². The fourth-order valence-corrected chi connectivity index (χ4v) is 2.53. The Labute approximate surface area is 133 Å². The van der Waals surface area contributed by atoms with E-state index in [1.165, 1.54) is 0 Å². The van der Waals surface area contributed by atoms with E-state index in [-0.39, 0.29) is 5.91 Å². The molecule has 1 amide bonds. The molecule has 2 N–H and O–H groups in total. The zero-order valence-corrected chi connectivity index (χ0v) is 13.8. The second-order valence-electron chi connectivity index (χ2n) is 4.89. The second-order valence-corrected chi connectivity index (χ2v) is 5.80. The second kappa shape index (κ2) is 7.27. The summed E-state index contributed by atoms with van der Waals surface area (Å²) < 4.78 is 1.00. The molecule has 3 nitrogen and oxygen atoms in total. The molecule has 2 aromatic carbocycles. The Morgan fingerprint density at radius 2 is 1.90 bits per heavy atom. The number of rotatable bonds is 5. The Morgan fingerprint density at radius 1 is 1.14 bits per heavy atom. The highest BCUT2D eigenvalue weighted by molar-refractivity contribution is 9.10. The van der Waals surface area contributed by atoms with Crippen LogP contribution in [0.15, 0.2) is 46.9 Å². The zero-order valence-electron chi connectivity index (χ0n) is 12.2. The Hall–Kier alpha value is -1.81. The summed E-state index contributed by atoms with van der Waals surface area (Å²) in [6.45, 7) is 4.92. The van der Waals surface area contributed by atoms with Gasteiger partial charge in [-0.3, -0.25) is 4.79 Å². The highest BCUT2D eigenvalue weighted by Crippen LogP contribution is 2.22. The molecule has 21 heavy (non-hydrogen) atoms. The summed E-state index contributed by atoms with van der Waals surface area (Å²) in [6.07, 6.45) is 1.02. The van der Waals surface area contributed by atoms with E-state index in [1.807, 2.05) is 49.4 Å². The van der Waals surface area contributed by atoms with Crippen LogP contribution in [-0.4, -0.2) is 12.5 Å². The van der Waals surface area contributed by atoms with Crippen molar-refractivity contribution < 1.29 is 4.79 Å². The lowest BCUT2D eigenvalue weighted by atomic mass is 10.1. The van der Waals surface area contributed by atoms with Gasteiger partial charge in [0.05, 0.1) is 5.56 Å². The van der Waals surface area contributed by atoms with Crippen molar-refractivity contribution in [3.05, 3.63) is 58.1 Å². The molecule has 2 rings (SSSR count). The van der Waals surface area contributed by atoms with Gasteiger partial charge in [-0.25, -0.2) is 0 Å². The highest BCUT2D eigenvalue weighted by Gasteiger charge is 2.11. The van der Waals surface area contributed by atoms with Crippen LogP contribution in [0.4, 0.5) is 11.4 Å². The van der Waals surface area contributed by atoms with Crippen LogP contribution in [0.2, 0.25) is 0 Å². The first-order valence-corrected chi connectivity index (χ1v) is 7.81. The van der Waals surface area contributed by atoms with Crippen molar-refractivity contribution >= 4 is 33.2 Å². The van der Waals surface area contributed by atoms with Gasteiger partial charge in [0.15, 0.2) is 0 Å². The molecule has 110 valence electrons. The van der Waals surface area contributed by atoms with Gasteiger partial charge in [0.25, 0.3) is 5.91 Å². The third-order valence-electron chi connectivity index (χ3n) is 3.17. The summed E-state index contributed by atoms with van der Waals surface area (Å²) in [5, 5.41) is 6.26. The monoisotopic (exact) mass is 346 g/mol. The number of hydrogen-bond donors (Lipinski definition) is 2. The molecule has 0 fully saturated rings. The van der Waals surface area contributed by atoms with Crippen molar-refractivity contribution in [2.75, 3.05) is 17.2 Å². The predicted molar refractivity (Wildman–Crippen MR) is 92.1 cm³/mol. The van der Waals surface area contributed by atoms with Gasteiger partial charge < -0.3 is 10.6 Å². The smallest absolute Gasteiger partial charge is 0.257 e. The molecule has 0 saturated heterocycles. The number of hydrogen-bond acceptors (Lipinski definition) is 2. The molecule has 0 aromatic heterocycles. The number of halogens is 1. The third-order valence-corrected chi connectivity index (χ3v) is 3.67. The lowest BCUT2D eigenvalue weighted by Gasteiger charge is -2.13. The SMILES string of the molecule is CCCNc1ccccc1C(=O)Nc1ccc(Br)cc1C. The number of benzene rings is 2. The number of anilines is 2. The largest absolute Gasteiger partial charge is 0.384 e. The average Bonchev–Trinajstić information content (AvgIpc) is 2.48. The maximum Gasteiger partial charge on any atom is 0.257 e. The van der Waals surface area contributed by atoms with Crippen LogP contribution in [-0.2, 0) is 0 Å². The lowest BCUT2D eigenvalue weighted by molar-refractivity contribution is 0.102. The summed E-state index contributed by atoms with van der Waals surface area (Å²) in [5.41, 5.74) is 3.38. The number of para-hydroxylation sites is 1. The molecule has 0 aliphatic rings. The predicted octanol–water partition coefficient (Wildman–Crippen LogP) is 4.83. The number of aryl methyl sites for hydroxylation is 1. The molecule has 2 aromatic rings. The summed E-state index contributed by atoms with van der Waals surface area (Å²) in [4.78, 5) is 12.5. The topological polar surface area (TPSA) is 41.1 Å². The normalized spacial score (nSPS) is 10.2. The molecular formula is C17H19BrN2O. The van der Waals surface area contributed by atoms with Gasteiger partial charge >= 0.3 is 0 Å². The summed E-state index contributed by atoms with van der Waals surface area (Å²) in [7, 11) is 0. The van der Waals surface area contributed by atoms with Crippen LogP contribution in [0.25, 0.3) is 0 Å². The Morgan fingerprint density at radius 3 is 2.62 bits per heavy atom. The Balaban J connectivity index is 2.20. The van der Waals surface area contributed by atoms with E-state index in [0.29, 0.717) is 5.56 Å². The van der Waals surface area contributed by atoms with Crippen LogP contribution in [0.3, 0.4) is 0 Å². The standard InChI is InChI=1S/C17H19BrN2O/c1-3-10-19-16-7-5-4-6-14(16)17(21)20-15-9-8-13(18)11-12(15)2/h4-9,11,19H,3,10H2,1-2H3,(H,20,21). The van der Waals surface area contributed by atoms with Crippen LogP contribution in [0.5, 0.6) is 0 Å². The molecule has 0 heterocycles. The van der Waals surface area contributed by atoms with Crippen molar-refractivity contribution in [3.8, 4) is 0 Å². The van der Waals surface area contributed by atoms with Gasteiger partial charge in [-0.05, 0) is 49.2 Å². The number of carbonyl (C=O) groups is 1. The quantitative estimate of drug-likeness (QED) is 0.813. The minimum Gasteiger partial charge on any atom is -0.384 e. The van der Waals surface area contributed by atoms with E-state index < -0.39 is 0 Å². The van der Waals surface area contributed by atoms with Gasteiger partial charge in [-0.1, -0.05) is 35.0 Å². The summed E-state index contributed by atoms with van der Waals surface area (Å²) in [6, 6.07) is 13.4. The van der Waals surface area contributed by atoms with E-state index in [4.69, 9.17) is 0 Å². The van der Waals surface area contributed by atoms with Crippen molar-refractivity contribution in [2.24, 2.45) is 0 Å². The van der Waals surface area contributed by atoms with Crippen LogP contribution < -0.4 is 10.6 Å². The van der Waals surface area contributed by atoms with Gasteiger partial charge in [0.2, 0.25) is 0 Å². The minimum atomic E-state index is -0.0976. The first-order valence-electron chi connectivity index (χ1n) is 7.02. The molecule has 0 aliphatic heterocycles. The van der Waals surface area contributed by atoms with E-state index >= 15 is 0 Å². The minimum absolute atomic E-state index is 0.0976. The van der Waals surface area contributed by atoms with Crippen molar-refractivity contribution in [1.29, 1.82) is 0 Å². The first-order chi connectivity index (χ1) is 10.1. The van der Waals surface area contributed by atoms with E-state index in [0.717, 1.165) is 34.4 Å². The molecule has 4 heteroatoms. The van der Waals surface area contributed by atoms with Crippen LogP contribution >= 0.6 is 15.9 Å². The number of nitrogens with one attached hydrogen (secondary N) is 2. The molecule has 0 spiro atoms. The first kappa shape index (κ1) is 15.6. The summed E-state index contributed by atoms with van der Waals surface area (Å²) >= 11 is 3.42. The van der Waals surface area contributed by atoms with E-state index in [9.17, 15) is 4.79 Å². The zero-order chi connectivity index (χ0) is 15.2. The molecule has 0 radical (unpaired) electrons. The van der Waals surface area contributed by atoms with E-state index in [1.54, 1.807) is 0 Å². The molecule has 0 aliphatic carbocycles. The number of carbonyl (C=O) groups excluding carboxylic acids is 1. The lowest BCUT2D eigenvalue weighted by Crippen LogP contribution is -2.15. The van der Waals surface area contributed by atoms with Crippen LogP contribution in [0, 0.1) is 6.92 Å². The van der Waals surface area contributed by atoms with Crippen LogP contribution in [0.1, 0.15) is 29.3 Å². The van der Waals surface area contributed by atoms with Gasteiger partial charge in [-0.2, -0.15) is 0 Å². The Bertz CT molecular complexity index is 640. The fourth-order valence-electron chi connectivity index (χ4n) is 2.05. The number of amides is 1.